The number of aryl methyl sites for hydroxylation is 1. The lowest BCUT2D eigenvalue weighted by molar-refractivity contribution is -0.0846. The average Bonchev–Trinajstić information content (AvgIpc) is 2.89. The summed E-state index contributed by atoms with van der Waals surface area (Å²) >= 11 is 0. The van der Waals surface area contributed by atoms with E-state index in [4.69, 9.17) is 4.74 Å². The van der Waals surface area contributed by atoms with E-state index in [9.17, 15) is 4.39 Å². The third-order valence-electron chi connectivity index (χ3n) is 5.19. The van der Waals surface area contributed by atoms with Crippen LogP contribution in [0.4, 0.5) is 4.39 Å². The molecule has 2 nitrogen and oxygen atoms in total. The summed E-state index contributed by atoms with van der Waals surface area (Å²) in [6, 6.07) is 6.22. The molecule has 0 amide bonds. The van der Waals surface area contributed by atoms with Gasteiger partial charge in [-0.1, -0.05) is 25.0 Å². The van der Waals surface area contributed by atoms with Crippen molar-refractivity contribution < 1.29 is 9.13 Å². The number of benzene rings is 1. The molecule has 1 heterocycles. The molecule has 1 aromatic carbocycles. The Labute approximate surface area is 127 Å². The van der Waals surface area contributed by atoms with Crippen LogP contribution >= 0.6 is 0 Å². The number of hydrogen-bond acceptors (Lipinski definition) is 2. The molecule has 2 atom stereocenters. The fourth-order valence-electron chi connectivity index (χ4n) is 3.87. The van der Waals surface area contributed by atoms with E-state index in [0.29, 0.717) is 11.6 Å². The van der Waals surface area contributed by atoms with E-state index < -0.39 is 0 Å². The second-order valence-corrected chi connectivity index (χ2v) is 6.83. The summed E-state index contributed by atoms with van der Waals surface area (Å²) in [6.07, 6.45) is 7.17. The molecule has 0 aromatic heterocycles. The Morgan fingerprint density at radius 3 is 2.81 bits per heavy atom. The van der Waals surface area contributed by atoms with Gasteiger partial charge in [-0.3, -0.25) is 0 Å². The van der Waals surface area contributed by atoms with Crippen LogP contribution in [0, 0.1) is 12.7 Å². The van der Waals surface area contributed by atoms with Gasteiger partial charge in [0.1, 0.15) is 5.82 Å². The lowest BCUT2D eigenvalue weighted by Gasteiger charge is -2.39. The summed E-state index contributed by atoms with van der Waals surface area (Å²) in [5.41, 5.74) is 1.88. The van der Waals surface area contributed by atoms with Crippen molar-refractivity contribution in [1.82, 2.24) is 5.32 Å². The molecule has 1 saturated carbocycles. The molecule has 116 valence electrons. The van der Waals surface area contributed by atoms with Gasteiger partial charge in [-0.25, -0.2) is 4.39 Å². The van der Waals surface area contributed by atoms with Crippen LogP contribution in [0.5, 0.6) is 0 Å². The third-order valence-corrected chi connectivity index (χ3v) is 5.19. The Morgan fingerprint density at radius 2 is 2.10 bits per heavy atom. The Bertz CT molecular complexity index is 496. The highest BCUT2D eigenvalue weighted by Crippen LogP contribution is 2.40. The maximum atomic E-state index is 13.7. The smallest absolute Gasteiger partial charge is 0.126 e. The maximum Gasteiger partial charge on any atom is 0.126 e. The molecule has 1 N–H and O–H groups in total. The van der Waals surface area contributed by atoms with Crippen LogP contribution in [0.1, 0.15) is 62.6 Å². The zero-order valence-corrected chi connectivity index (χ0v) is 13.1. The number of ether oxygens (including phenoxy) is 1. The molecule has 1 aliphatic carbocycles. The third kappa shape index (κ3) is 3.29. The van der Waals surface area contributed by atoms with Crippen LogP contribution in [0.15, 0.2) is 18.2 Å². The van der Waals surface area contributed by atoms with Crippen molar-refractivity contribution in [1.29, 1.82) is 0 Å². The van der Waals surface area contributed by atoms with E-state index in [1.54, 1.807) is 13.0 Å². The second-order valence-electron chi connectivity index (χ2n) is 6.83. The first-order valence-electron chi connectivity index (χ1n) is 8.24. The van der Waals surface area contributed by atoms with E-state index in [-0.39, 0.29) is 17.5 Å². The largest absolute Gasteiger partial charge is 0.375 e. The Hall–Kier alpha value is -0.930. The minimum absolute atomic E-state index is 0.111. The quantitative estimate of drug-likeness (QED) is 0.897. The van der Waals surface area contributed by atoms with Crippen LogP contribution in [0.3, 0.4) is 0 Å². The minimum Gasteiger partial charge on any atom is -0.375 e. The predicted octanol–water partition coefficient (Wildman–Crippen LogP) is 4.28. The Morgan fingerprint density at radius 1 is 1.33 bits per heavy atom. The number of hydrogen-bond donors (Lipinski definition) is 1. The molecule has 1 spiro atoms. The van der Waals surface area contributed by atoms with Gasteiger partial charge in [-0.05, 0) is 56.7 Å². The monoisotopic (exact) mass is 291 g/mol. The lowest BCUT2D eigenvalue weighted by Crippen LogP contribution is -2.46. The van der Waals surface area contributed by atoms with Crippen molar-refractivity contribution in [3.8, 4) is 0 Å². The second kappa shape index (κ2) is 6.05. The molecule has 0 radical (unpaired) electrons. The first-order chi connectivity index (χ1) is 10.1. The average molecular weight is 291 g/mol. The highest BCUT2D eigenvalue weighted by atomic mass is 19.1. The van der Waals surface area contributed by atoms with E-state index >= 15 is 0 Å². The fraction of sp³-hybridized carbons (Fsp3) is 0.667. The zero-order chi connectivity index (χ0) is 14.9. The Balaban J connectivity index is 1.63. The van der Waals surface area contributed by atoms with Gasteiger partial charge in [-0.2, -0.15) is 0 Å². The molecule has 2 unspecified atom stereocenters. The molecule has 21 heavy (non-hydrogen) atoms. The van der Waals surface area contributed by atoms with Gasteiger partial charge >= 0.3 is 0 Å². The highest BCUT2D eigenvalue weighted by molar-refractivity contribution is 5.25. The first-order valence-corrected chi connectivity index (χ1v) is 8.24. The van der Waals surface area contributed by atoms with Crippen molar-refractivity contribution in [3.05, 3.63) is 35.1 Å². The van der Waals surface area contributed by atoms with Crippen molar-refractivity contribution >= 4 is 0 Å². The number of halogens is 1. The minimum atomic E-state index is -0.111. The fourth-order valence-corrected chi connectivity index (χ4v) is 3.87. The number of nitrogens with one attached hydrogen (secondary N) is 1. The summed E-state index contributed by atoms with van der Waals surface area (Å²) in [6.45, 7) is 4.78. The summed E-state index contributed by atoms with van der Waals surface area (Å²) < 4.78 is 19.8. The van der Waals surface area contributed by atoms with Crippen LogP contribution in [-0.2, 0) is 4.74 Å². The normalized spacial score (nSPS) is 26.1. The van der Waals surface area contributed by atoms with Gasteiger partial charge in [0.15, 0.2) is 0 Å². The lowest BCUT2D eigenvalue weighted by atomic mass is 9.88. The van der Waals surface area contributed by atoms with Crippen molar-refractivity contribution in [2.24, 2.45) is 0 Å². The van der Waals surface area contributed by atoms with Crippen LogP contribution < -0.4 is 5.32 Å². The van der Waals surface area contributed by atoms with Crippen molar-refractivity contribution in [3.63, 3.8) is 0 Å². The molecule has 1 aromatic rings. The van der Waals surface area contributed by atoms with Gasteiger partial charge in [0, 0.05) is 18.7 Å². The van der Waals surface area contributed by atoms with E-state index in [0.717, 1.165) is 25.0 Å². The van der Waals surface area contributed by atoms with Crippen LogP contribution in [-0.4, -0.2) is 18.2 Å². The summed E-state index contributed by atoms with van der Waals surface area (Å²) in [7, 11) is 0. The van der Waals surface area contributed by atoms with Gasteiger partial charge < -0.3 is 10.1 Å². The molecule has 2 aliphatic rings. The van der Waals surface area contributed by atoms with Gasteiger partial charge in [0.05, 0.1) is 5.60 Å². The van der Waals surface area contributed by atoms with Gasteiger partial charge in [-0.15, -0.1) is 0 Å². The molecule has 2 fully saturated rings. The Kier molecular flexibility index (Phi) is 4.32. The molecule has 3 heteroatoms. The summed E-state index contributed by atoms with van der Waals surface area (Å²) in [5, 5.41) is 3.69. The van der Waals surface area contributed by atoms with Crippen LogP contribution in [0.25, 0.3) is 0 Å². The molecule has 0 bridgehead atoms. The van der Waals surface area contributed by atoms with E-state index in [1.807, 2.05) is 12.1 Å². The SMILES string of the molecule is Cc1ccc(C(C)NC2CCOC3(CCCC3)C2)cc1F. The van der Waals surface area contributed by atoms with Gasteiger partial charge in [0.2, 0.25) is 0 Å². The van der Waals surface area contributed by atoms with E-state index in [1.165, 1.54) is 25.7 Å². The number of rotatable bonds is 3. The predicted molar refractivity (Wildman–Crippen MR) is 82.9 cm³/mol. The molecule has 3 rings (SSSR count). The molecular weight excluding hydrogens is 265 g/mol. The van der Waals surface area contributed by atoms with Crippen molar-refractivity contribution in [2.75, 3.05) is 6.61 Å². The molecular formula is C18H26FNO. The highest BCUT2D eigenvalue weighted by Gasteiger charge is 2.40. The molecule has 1 saturated heterocycles. The standard InChI is InChI=1S/C18H26FNO/c1-13-5-6-15(11-17(13)19)14(2)20-16-7-10-21-18(12-16)8-3-4-9-18/h5-6,11,14,16,20H,3-4,7-10,12H2,1-2H3. The van der Waals surface area contributed by atoms with Crippen LogP contribution in [0.2, 0.25) is 0 Å². The zero-order valence-electron chi connectivity index (χ0n) is 13.1. The summed E-state index contributed by atoms with van der Waals surface area (Å²) in [5.74, 6) is -0.111. The van der Waals surface area contributed by atoms with E-state index in [2.05, 4.69) is 12.2 Å². The summed E-state index contributed by atoms with van der Waals surface area (Å²) in [4.78, 5) is 0. The topological polar surface area (TPSA) is 21.3 Å². The maximum absolute atomic E-state index is 13.7. The molecule has 1 aliphatic heterocycles. The first kappa shape index (κ1) is 15.0. The van der Waals surface area contributed by atoms with Crippen molar-refractivity contribution in [2.45, 2.75) is 70.1 Å². The van der Waals surface area contributed by atoms with Gasteiger partial charge in [0.25, 0.3) is 0 Å².